The standard InChI is InChI=1S/C21H20N4O5/c1-13(20-23-19(24-30-20)15-6-5-10-22-12-15)29-18(26)9-11-25-16-7-3-4-8-17(16)28-14(2)21(25)27/h3-8,10,12-14H,9,11H2,1-2H3. The van der Waals surface area contributed by atoms with Crippen molar-refractivity contribution in [2.24, 2.45) is 0 Å². The van der Waals surface area contributed by atoms with Gasteiger partial charge in [-0.3, -0.25) is 14.6 Å². The summed E-state index contributed by atoms with van der Waals surface area (Å²) in [7, 11) is 0. The molecule has 3 heterocycles. The van der Waals surface area contributed by atoms with Crippen LogP contribution in [0.2, 0.25) is 0 Å². The van der Waals surface area contributed by atoms with E-state index in [1.165, 1.54) is 0 Å². The lowest BCUT2D eigenvalue weighted by molar-refractivity contribution is -0.149. The topological polar surface area (TPSA) is 108 Å². The summed E-state index contributed by atoms with van der Waals surface area (Å²) in [4.78, 5) is 34.7. The Balaban J connectivity index is 1.37. The van der Waals surface area contributed by atoms with Gasteiger partial charge in [0.1, 0.15) is 5.75 Å². The number of carbonyl (C=O) groups is 2. The second kappa shape index (κ2) is 8.32. The highest BCUT2D eigenvalue weighted by atomic mass is 16.6. The molecule has 154 valence electrons. The van der Waals surface area contributed by atoms with Gasteiger partial charge in [-0.15, -0.1) is 0 Å². The van der Waals surface area contributed by atoms with Crippen LogP contribution in [0.25, 0.3) is 11.4 Å². The number of esters is 1. The van der Waals surface area contributed by atoms with Gasteiger partial charge in [0.05, 0.1) is 12.1 Å². The van der Waals surface area contributed by atoms with Crippen molar-refractivity contribution in [1.82, 2.24) is 15.1 Å². The predicted octanol–water partition coefficient (Wildman–Crippen LogP) is 2.94. The second-order valence-electron chi connectivity index (χ2n) is 6.80. The number of anilines is 1. The van der Waals surface area contributed by atoms with Crippen LogP contribution in [0.15, 0.2) is 53.3 Å². The van der Waals surface area contributed by atoms with E-state index in [2.05, 4.69) is 15.1 Å². The second-order valence-corrected chi connectivity index (χ2v) is 6.80. The van der Waals surface area contributed by atoms with Crippen LogP contribution in [0.4, 0.5) is 5.69 Å². The fourth-order valence-electron chi connectivity index (χ4n) is 3.11. The summed E-state index contributed by atoms with van der Waals surface area (Å²) < 4.78 is 16.2. The number of rotatable bonds is 6. The summed E-state index contributed by atoms with van der Waals surface area (Å²) in [6.07, 6.45) is 1.94. The van der Waals surface area contributed by atoms with Crippen molar-refractivity contribution in [2.75, 3.05) is 11.4 Å². The first-order chi connectivity index (χ1) is 14.5. The van der Waals surface area contributed by atoms with E-state index < -0.39 is 18.2 Å². The lowest BCUT2D eigenvalue weighted by atomic mass is 10.2. The number of carbonyl (C=O) groups excluding carboxylic acids is 2. The van der Waals surface area contributed by atoms with Gasteiger partial charge in [-0.1, -0.05) is 17.3 Å². The molecule has 0 saturated carbocycles. The van der Waals surface area contributed by atoms with Crippen molar-refractivity contribution in [3.63, 3.8) is 0 Å². The maximum Gasteiger partial charge on any atom is 0.308 e. The van der Waals surface area contributed by atoms with Crippen LogP contribution in [-0.2, 0) is 14.3 Å². The molecule has 4 rings (SSSR count). The van der Waals surface area contributed by atoms with E-state index in [9.17, 15) is 9.59 Å². The Morgan fingerprint density at radius 3 is 2.90 bits per heavy atom. The summed E-state index contributed by atoms with van der Waals surface area (Å²) in [6, 6.07) is 10.8. The number of nitrogens with zero attached hydrogens (tertiary/aromatic N) is 4. The summed E-state index contributed by atoms with van der Waals surface area (Å²) in [6.45, 7) is 3.51. The minimum atomic E-state index is -0.720. The highest BCUT2D eigenvalue weighted by Crippen LogP contribution is 2.33. The maximum atomic E-state index is 12.5. The molecule has 1 amide bonds. The molecule has 0 bridgehead atoms. The van der Waals surface area contributed by atoms with E-state index in [4.69, 9.17) is 14.0 Å². The van der Waals surface area contributed by atoms with Crippen LogP contribution in [0.5, 0.6) is 5.75 Å². The van der Waals surface area contributed by atoms with E-state index >= 15 is 0 Å². The molecule has 1 aliphatic rings. The van der Waals surface area contributed by atoms with Crippen molar-refractivity contribution in [3.8, 4) is 17.1 Å². The number of aromatic nitrogens is 3. The fraction of sp³-hybridized carbons (Fsp3) is 0.286. The third-order valence-electron chi connectivity index (χ3n) is 4.63. The summed E-state index contributed by atoms with van der Waals surface area (Å²) >= 11 is 0. The van der Waals surface area contributed by atoms with Gasteiger partial charge >= 0.3 is 5.97 Å². The quantitative estimate of drug-likeness (QED) is 0.573. The van der Waals surface area contributed by atoms with Crippen LogP contribution >= 0.6 is 0 Å². The molecule has 2 atom stereocenters. The zero-order valence-electron chi connectivity index (χ0n) is 16.5. The zero-order chi connectivity index (χ0) is 21.1. The van der Waals surface area contributed by atoms with Crippen molar-refractivity contribution in [3.05, 3.63) is 54.7 Å². The molecule has 9 heteroatoms. The van der Waals surface area contributed by atoms with Gasteiger partial charge < -0.3 is 18.9 Å². The van der Waals surface area contributed by atoms with E-state index in [0.717, 1.165) is 0 Å². The first kappa shape index (κ1) is 19.6. The Labute approximate surface area is 172 Å². The highest BCUT2D eigenvalue weighted by Gasteiger charge is 2.31. The van der Waals surface area contributed by atoms with Crippen molar-refractivity contribution in [2.45, 2.75) is 32.5 Å². The van der Waals surface area contributed by atoms with Crippen LogP contribution in [-0.4, -0.2) is 39.6 Å². The Kier molecular flexibility index (Phi) is 5.42. The summed E-state index contributed by atoms with van der Waals surface area (Å²) in [5.41, 5.74) is 1.34. The molecule has 9 nitrogen and oxygen atoms in total. The molecule has 2 unspecified atom stereocenters. The molecule has 0 fully saturated rings. The van der Waals surface area contributed by atoms with E-state index in [1.807, 2.05) is 12.1 Å². The Morgan fingerprint density at radius 2 is 2.10 bits per heavy atom. The average molecular weight is 408 g/mol. The predicted molar refractivity (Wildman–Crippen MR) is 106 cm³/mol. The van der Waals surface area contributed by atoms with Gasteiger partial charge in [-0.25, -0.2) is 0 Å². The molecule has 1 aliphatic heterocycles. The zero-order valence-corrected chi connectivity index (χ0v) is 16.5. The van der Waals surface area contributed by atoms with Gasteiger partial charge in [0.25, 0.3) is 11.8 Å². The largest absolute Gasteiger partial charge is 0.479 e. The smallest absolute Gasteiger partial charge is 0.308 e. The number of hydrogen-bond donors (Lipinski definition) is 0. The third kappa shape index (κ3) is 4.00. The highest BCUT2D eigenvalue weighted by molar-refractivity contribution is 6.00. The molecule has 30 heavy (non-hydrogen) atoms. The molecule has 3 aromatic rings. The van der Waals surface area contributed by atoms with Crippen molar-refractivity contribution in [1.29, 1.82) is 0 Å². The maximum absolute atomic E-state index is 12.5. The molecule has 2 aromatic heterocycles. The first-order valence-corrected chi connectivity index (χ1v) is 9.53. The number of para-hydroxylation sites is 2. The van der Waals surface area contributed by atoms with E-state index in [-0.39, 0.29) is 24.8 Å². The lowest BCUT2D eigenvalue weighted by Gasteiger charge is -2.32. The van der Waals surface area contributed by atoms with Crippen molar-refractivity contribution >= 4 is 17.6 Å². The summed E-state index contributed by atoms with van der Waals surface area (Å²) in [5, 5.41) is 3.89. The monoisotopic (exact) mass is 408 g/mol. The summed E-state index contributed by atoms with van der Waals surface area (Å²) in [5.74, 6) is 0.481. The molecular weight excluding hydrogens is 388 g/mol. The van der Waals surface area contributed by atoms with Crippen molar-refractivity contribution < 1.29 is 23.6 Å². The minimum Gasteiger partial charge on any atom is -0.479 e. The SMILES string of the molecule is CC1Oc2ccccc2N(CCC(=O)OC(C)c2nc(-c3cccnc3)no2)C1=O. The molecule has 0 saturated heterocycles. The molecule has 0 N–H and O–H groups in total. The molecule has 0 spiro atoms. The number of hydrogen-bond acceptors (Lipinski definition) is 8. The third-order valence-corrected chi connectivity index (χ3v) is 4.63. The van der Waals surface area contributed by atoms with Gasteiger partial charge in [0.15, 0.2) is 12.2 Å². The average Bonchev–Trinajstić information content (AvgIpc) is 3.25. The Bertz CT molecular complexity index is 1050. The normalized spacial score (nSPS) is 16.5. The van der Waals surface area contributed by atoms with Crippen LogP contribution < -0.4 is 9.64 Å². The number of amides is 1. The molecule has 0 radical (unpaired) electrons. The Hall–Kier alpha value is -3.75. The number of benzene rings is 1. The molecular formula is C21H20N4O5. The lowest BCUT2D eigenvalue weighted by Crippen LogP contribution is -2.45. The molecule has 1 aromatic carbocycles. The molecule has 0 aliphatic carbocycles. The number of pyridine rings is 1. The first-order valence-electron chi connectivity index (χ1n) is 9.53. The van der Waals surface area contributed by atoms with Crippen LogP contribution in [0.1, 0.15) is 32.3 Å². The van der Waals surface area contributed by atoms with E-state index in [1.54, 1.807) is 55.4 Å². The van der Waals surface area contributed by atoms with Gasteiger partial charge in [0, 0.05) is 24.5 Å². The van der Waals surface area contributed by atoms with Gasteiger partial charge in [0.2, 0.25) is 5.82 Å². The number of fused-ring (bicyclic) bond motifs is 1. The van der Waals surface area contributed by atoms with Gasteiger partial charge in [-0.2, -0.15) is 4.98 Å². The van der Waals surface area contributed by atoms with Crippen LogP contribution in [0.3, 0.4) is 0 Å². The van der Waals surface area contributed by atoms with Gasteiger partial charge in [-0.05, 0) is 38.1 Å². The van der Waals surface area contributed by atoms with E-state index in [0.29, 0.717) is 22.8 Å². The van der Waals surface area contributed by atoms with Crippen LogP contribution in [0, 0.1) is 0 Å². The fourth-order valence-corrected chi connectivity index (χ4v) is 3.11. The Morgan fingerprint density at radius 1 is 1.27 bits per heavy atom. The minimum absolute atomic E-state index is 0.0146. The number of ether oxygens (including phenoxy) is 2.